The van der Waals surface area contributed by atoms with Crippen molar-refractivity contribution in [3.63, 3.8) is 0 Å². The number of nitrogens with one attached hydrogen (secondary N) is 1. The molecular formula is C16H17BrClNO. The lowest BCUT2D eigenvalue weighted by molar-refractivity contribution is 0.406. The van der Waals surface area contributed by atoms with E-state index in [1.807, 2.05) is 30.3 Å². The number of hydrogen-bond donors (Lipinski definition) is 1. The Balaban J connectivity index is 2.09. The first-order chi connectivity index (χ1) is 9.61. The summed E-state index contributed by atoms with van der Waals surface area (Å²) in [5.74, 6) is 0.812. The van der Waals surface area contributed by atoms with E-state index in [1.165, 1.54) is 5.56 Å². The quantitative estimate of drug-likeness (QED) is 0.819. The van der Waals surface area contributed by atoms with Crippen molar-refractivity contribution < 1.29 is 4.74 Å². The first kappa shape index (κ1) is 15.4. The molecule has 1 atom stereocenters. The van der Waals surface area contributed by atoms with E-state index in [4.69, 9.17) is 16.3 Å². The minimum absolute atomic E-state index is 0.230. The minimum Gasteiger partial charge on any atom is -0.496 e. The molecule has 2 aromatic rings. The molecule has 20 heavy (non-hydrogen) atoms. The molecule has 2 nitrogen and oxygen atoms in total. The van der Waals surface area contributed by atoms with Gasteiger partial charge in [0.2, 0.25) is 0 Å². The highest BCUT2D eigenvalue weighted by atomic mass is 79.9. The van der Waals surface area contributed by atoms with Crippen molar-refractivity contribution in [3.05, 3.63) is 63.1 Å². The van der Waals surface area contributed by atoms with E-state index in [2.05, 4.69) is 40.3 Å². The molecule has 0 aliphatic heterocycles. The van der Waals surface area contributed by atoms with Crippen molar-refractivity contribution in [2.75, 3.05) is 7.11 Å². The van der Waals surface area contributed by atoms with E-state index in [-0.39, 0.29) is 6.04 Å². The van der Waals surface area contributed by atoms with E-state index >= 15 is 0 Å². The van der Waals surface area contributed by atoms with Crippen LogP contribution in [0.25, 0.3) is 0 Å². The summed E-state index contributed by atoms with van der Waals surface area (Å²) in [4.78, 5) is 0. The standard InChI is InChI=1S/C16H17BrClNO/c1-11(12-5-3-6-13(17)9-12)19-10-14-15(18)7-4-8-16(14)20-2/h3-9,11,19H,10H2,1-2H3/t11-/m0/s1. The number of benzene rings is 2. The molecule has 0 radical (unpaired) electrons. The molecule has 0 fully saturated rings. The Bertz CT molecular complexity index is 588. The van der Waals surface area contributed by atoms with Gasteiger partial charge in [0.15, 0.2) is 0 Å². The summed E-state index contributed by atoms with van der Waals surface area (Å²) in [6.07, 6.45) is 0. The topological polar surface area (TPSA) is 21.3 Å². The zero-order chi connectivity index (χ0) is 14.5. The van der Waals surface area contributed by atoms with Crippen LogP contribution in [0.3, 0.4) is 0 Å². The van der Waals surface area contributed by atoms with Crippen molar-refractivity contribution in [2.24, 2.45) is 0 Å². The van der Waals surface area contributed by atoms with Crippen molar-refractivity contribution >= 4 is 27.5 Å². The third-order valence-electron chi connectivity index (χ3n) is 3.23. The van der Waals surface area contributed by atoms with E-state index < -0.39 is 0 Å². The molecule has 2 aromatic carbocycles. The van der Waals surface area contributed by atoms with Gasteiger partial charge in [-0.2, -0.15) is 0 Å². The van der Waals surface area contributed by atoms with E-state index in [0.717, 1.165) is 20.8 Å². The van der Waals surface area contributed by atoms with E-state index in [1.54, 1.807) is 7.11 Å². The Morgan fingerprint density at radius 3 is 2.70 bits per heavy atom. The van der Waals surface area contributed by atoms with Crippen LogP contribution in [0.1, 0.15) is 24.1 Å². The van der Waals surface area contributed by atoms with Gasteiger partial charge in [0.1, 0.15) is 5.75 Å². The lowest BCUT2D eigenvalue weighted by Gasteiger charge is -2.17. The normalized spacial score (nSPS) is 12.2. The van der Waals surface area contributed by atoms with Crippen LogP contribution < -0.4 is 10.1 Å². The third-order valence-corrected chi connectivity index (χ3v) is 4.08. The summed E-state index contributed by atoms with van der Waals surface area (Å²) >= 11 is 9.73. The zero-order valence-corrected chi connectivity index (χ0v) is 13.8. The second-order valence-electron chi connectivity index (χ2n) is 4.58. The first-order valence-corrected chi connectivity index (χ1v) is 7.59. The predicted octanol–water partition coefficient (Wildman–Crippen LogP) is 4.96. The number of hydrogen-bond acceptors (Lipinski definition) is 2. The highest BCUT2D eigenvalue weighted by Crippen LogP contribution is 2.27. The van der Waals surface area contributed by atoms with Gasteiger partial charge in [-0.15, -0.1) is 0 Å². The molecule has 0 unspecified atom stereocenters. The summed E-state index contributed by atoms with van der Waals surface area (Å²) in [7, 11) is 1.66. The van der Waals surface area contributed by atoms with Crippen LogP contribution >= 0.6 is 27.5 Å². The van der Waals surface area contributed by atoms with E-state index in [0.29, 0.717) is 6.54 Å². The minimum atomic E-state index is 0.230. The van der Waals surface area contributed by atoms with Crippen molar-refractivity contribution in [1.29, 1.82) is 0 Å². The highest BCUT2D eigenvalue weighted by molar-refractivity contribution is 9.10. The molecule has 1 N–H and O–H groups in total. The van der Waals surface area contributed by atoms with Gasteiger partial charge in [-0.25, -0.2) is 0 Å². The molecule has 0 aromatic heterocycles. The second-order valence-corrected chi connectivity index (χ2v) is 5.90. The van der Waals surface area contributed by atoms with E-state index in [9.17, 15) is 0 Å². The molecule has 0 heterocycles. The van der Waals surface area contributed by atoms with Crippen LogP contribution in [0.5, 0.6) is 5.75 Å². The summed E-state index contributed by atoms with van der Waals surface area (Å²) in [6, 6.07) is 14.2. The average molecular weight is 355 g/mol. The molecule has 0 saturated carbocycles. The number of rotatable bonds is 5. The Kier molecular flexibility index (Phi) is 5.46. The fraction of sp³-hybridized carbons (Fsp3) is 0.250. The van der Waals surface area contributed by atoms with Gasteiger partial charge in [0, 0.05) is 27.6 Å². The molecule has 0 saturated heterocycles. The summed E-state index contributed by atoms with van der Waals surface area (Å²) < 4.78 is 6.43. The van der Waals surface area contributed by atoms with Gasteiger partial charge < -0.3 is 10.1 Å². The summed E-state index contributed by atoms with van der Waals surface area (Å²) in [5, 5.41) is 4.19. The van der Waals surface area contributed by atoms with Crippen LogP contribution in [0.4, 0.5) is 0 Å². The smallest absolute Gasteiger partial charge is 0.124 e. The lowest BCUT2D eigenvalue weighted by Crippen LogP contribution is -2.18. The Labute approximate surface area is 133 Å². The highest BCUT2D eigenvalue weighted by Gasteiger charge is 2.10. The van der Waals surface area contributed by atoms with Gasteiger partial charge in [-0.3, -0.25) is 0 Å². The summed E-state index contributed by atoms with van der Waals surface area (Å²) in [6.45, 7) is 2.79. The maximum atomic E-state index is 6.24. The molecule has 4 heteroatoms. The molecule has 2 rings (SSSR count). The van der Waals surface area contributed by atoms with Crippen molar-refractivity contribution in [3.8, 4) is 5.75 Å². The van der Waals surface area contributed by atoms with Gasteiger partial charge in [-0.1, -0.05) is 45.7 Å². The molecule has 0 spiro atoms. The molecule has 0 aliphatic rings. The first-order valence-electron chi connectivity index (χ1n) is 6.42. The molecule has 0 amide bonds. The van der Waals surface area contributed by atoms with Gasteiger partial charge in [-0.05, 0) is 36.8 Å². The average Bonchev–Trinajstić information content (AvgIpc) is 2.45. The van der Waals surface area contributed by atoms with Gasteiger partial charge >= 0.3 is 0 Å². The predicted molar refractivity (Wildman–Crippen MR) is 87.4 cm³/mol. The van der Waals surface area contributed by atoms with Crippen LogP contribution in [-0.2, 0) is 6.54 Å². The Morgan fingerprint density at radius 1 is 1.25 bits per heavy atom. The largest absolute Gasteiger partial charge is 0.496 e. The van der Waals surface area contributed by atoms with Crippen LogP contribution in [0.15, 0.2) is 46.9 Å². The summed E-state index contributed by atoms with van der Waals surface area (Å²) in [5.41, 5.74) is 2.21. The van der Waals surface area contributed by atoms with Gasteiger partial charge in [0.25, 0.3) is 0 Å². The third kappa shape index (κ3) is 3.75. The molecular weight excluding hydrogens is 338 g/mol. The monoisotopic (exact) mass is 353 g/mol. The maximum absolute atomic E-state index is 6.24. The second kappa shape index (κ2) is 7.11. The fourth-order valence-corrected chi connectivity index (χ4v) is 2.70. The fourth-order valence-electron chi connectivity index (χ4n) is 2.05. The zero-order valence-electron chi connectivity index (χ0n) is 11.5. The van der Waals surface area contributed by atoms with Crippen LogP contribution in [0.2, 0.25) is 5.02 Å². The van der Waals surface area contributed by atoms with Crippen LogP contribution in [0, 0.1) is 0 Å². The maximum Gasteiger partial charge on any atom is 0.124 e. The van der Waals surface area contributed by atoms with Gasteiger partial charge in [0.05, 0.1) is 7.11 Å². The molecule has 0 aliphatic carbocycles. The Morgan fingerprint density at radius 2 is 2.00 bits per heavy atom. The van der Waals surface area contributed by atoms with Crippen molar-refractivity contribution in [1.82, 2.24) is 5.32 Å². The van der Waals surface area contributed by atoms with Crippen molar-refractivity contribution in [2.45, 2.75) is 19.5 Å². The number of methoxy groups -OCH3 is 1. The number of halogens is 2. The van der Waals surface area contributed by atoms with Crippen LogP contribution in [-0.4, -0.2) is 7.11 Å². The Hall–Kier alpha value is -1.03. The molecule has 106 valence electrons. The number of ether oxygens (including phenoxy) is 1. The lowest BCUT2D eigenvalue weighted by atomic mass is 10.1. The molecule has 0 bridgehead atoms. The SMILES string of the molecule is COc1cccc(Cl)c1CN[C@@H](C)c1cccc(Br)c1.